The fourth-order valence-electron chi connectivity index (χ4n) is 5.72. The number of nitrogens with zero attached hydrogens (tertiary/aromatic N) is 3. The van der Waals surface area contributed by atoms with Gasteiger partial charge in [-0.2, -0.15) is 0 Å². The summed E-state index contributed by atoms with van der Waals surface area (Å²) in [4.78, 5) is 28.7. The summed E-state index contributed by atoms with van der Waals surface area (Å²) in [5.74, 6) is -1.52. The van der Waals surface area contributed by atoms with Gasteiger partial charge in [0, 0.05) is 38.9 Å². The quantitative estimate of drug-likeness (QED) is 0.594. The third-order valence-corrected chi connectivity index (χ3v) is 7.62. The second-order valence-corrected chi connectivity index (χ2v) is 9.69. The number of aromatic carboxylic acids is 1. The van der Waals surface area contributed by atoms with Crippen LogP contribution in [0.15, 0.2) is 39.9 Å². The number of carbonyl (C=O) groups is 1. The van der Waals surface area contributed by atoms with Gasteiger partial charge in [0.1, 0.15) is 17.9 Å². The highest BCUT2D eigenvalue weighted by Gasteiger charge is 2.30. The summed E-state index contributed by atoms with van der Waals surface area (Å²) in [7, 11) is 0. The average molecular weight is 512 g/mol. The molecule has 0 spiro atoms. The Morgan fingerprint density at radius 2 is 1.84 bits per heavy atom. The fourth-order valence-corrected chi connectivity index (χ4v) is 5.72. The second-order valence-electron chi connectivity index (χ2n) is 9.69. The van der Waals surface area contributed by atoms with Crippen LogP contribution in [0.4, 0.5) is 10.1 Å². The standard InChI is InChI=1S/C27H32FN3O4.C2H6/c1-3-18(19-7-5-4-6-17(19)2)15-29-8-10-30(11-9-29)24-22(28)14-20-23-26(24)35-13-12-31(23)16-21(25(20)32)27(33)34;1-2/h3,14,16H,4-13,15H2,1-2H3,(H,33,34);1-2H3/b18-3-;. The van der Waals surface area contributed by atoms with Gasteiger partial charge in [0.05, 0.1) is 17.4 Å². The lowest BCUT2D eigenvalue weighted by Crippen LogP contribution is -2.47. The van der Waals surface area contributed by atoms with E-state index in [9.17, 15) is 14.7 Å². The first-order valence-electron chi connectivity index (χ1n) is 13.5. The first-order valence-corrected chi connectivity index (χ1v) is 13.5. The van der Waals surface area contributed by atoms with Crippen molar-refractivity contribution < 1.29 is 19.0 Å². The molecule has 1 aromatic carbocycles. The fraction of sp³-hybridized carbons (Fsp3) is 0.517. The zero-order chi connectivity index (χ0) is 26.7. The summed E-state index contributed by atoms with van der Waals surface area (Å²) in [6, 6.07) is 1.18. The molecule has 0 saturated carbocycles. The van der Waals surface area contributed by atoms with Crippen LogP contribution in [0.5, 0.6) is 5.75 Å². The molecule has 7 nitrogen and oxygen atoms in total. The predicted octanol–water partition coefficient (Wildman–Crippen LogP) is 5.22. The molecule has 1 aliphatic carbocycles. The number of pyridine rings is 1. The molecule has 8 heteroatoms. The number of aromatic nitrogens is 1. The molecule has 0 amide bonds. The minimum atomic E-state index is -1.31. The second kappa shape index (κ2) is 11.5. The predicted molar refractivity (Wildman–Crippen MR) is 146 cm³/mol. The SMILES string of the molecule is C/C=C(/CN1CCN(c2c(F)cc3c(=O)c(C(=O)O)cn4c3c2OCC4)CC1)C1=C(C)CCCC1.CC. The molecule has 0 bridgehead atoms. The van der Waals surface area contributed by atoms with Crippen molar-refractivity contribution in [1.29, 1.82) is 0 Å². The monoisotopic (exact) mass is 511 g/mol. The van der Waals surface area contributed by atoms with Crippen LogP contribution in [-0.4, -0.2) is 59.9 Å². The summed E-state index contributed by atoms with van der Waals surface area (Å²) < 4.78 is 23.0. The summed E-state index contributed by atoms with van der Waals surface area (Å²) >= 11 is 0. The highest BCUT2D eigenvalue weighted by atomic mass is 19.1. The van der Waals surface area contributed by atoms with Crippen LogP contribution in [0, 0.1) is 5.82 Å². The molecule has 1 N–H and O–H groups in total. The molecular formula is C29H38FN3O4. The maximum Gasteiger partial charge on any atom is 0.341 e. The third kappa shape index (κ3) is 5.17. The van der Waals surface area contributed by atoms with Gasteiger partial charge in [0.15, 0.2) is 11.6 Å². The lowest BCUT2D eigenvalue weighted by atomic mass is 9.87. The van der Waals surface area contributed by atoms with E-state index in [1.165, 1.54) is 48.2 Å². The van der Waals surface area contributed by atoms with Crippen LogP contribution in [-0.2, 0) is 6.54 Å². The minimum absolute atomic E-state index is 0.0494. The molecule has 37 heavy (non-hydrogen) atoms. The van der Waals surface area contributed by atoms with Crippen molar-refractivity contribution in [3.05, 3.63) is 56.7 Å². The first-order chi connectivity index (χ1) is 17.9. The Balaban J connectivity index is 0.00000156. The number of hydrogen-bond acceptors (Lipinski definition) is 5. The molecular weight excluding hydrogens is 473 g/mol. The Hall–Kier alpha value is -3.13. The number of carboxylic acid groups (broad SMARTS) is 1. The minimum Gasteiger partial charge on any atom is -0.487 e. The van der Waals surface area contributed by atoms with E-state index < -0.39 is 17.2 Å². The molecule has 2 aliphatic heterocycles. The normalized spacial score (nSPS) is 18.4. The number of ether oxygens (including phenoxy) is 1. The Morgan fingerprint density at radius 1 is 1.14 bits per heavy atom. The van der Waals surface area contributed by atoms with Crippen LogP contribution in [0.2, 0.25) is 0 Å². The van der Waals surface area contributed by atoms with Crippen molar-refractivity contribution in [2.24, 2.45) is 0 Å². The lowest BCUT2D eigenvalue weighted by Gasteiger charge is -2.38. The van der Waals surface area contributed by atoms with Gasteiger partial charge < -0.3 is 19.3 Å². The number of benzene rings is 1. The van der Waals surface area contributed by atoms with Gasteiger partial charge in [-0.3, -0.25) is 9.69 Å². The van der Waals surface area contributed by atoms with Gasteiger partial charge >= 0.3 is 5.97 Å². The lowest BCUT2D eigenvalue weighted by molar-refractivity contribution is 0.0694. The third-order valence-electron chi connectivity index (χ3n) is 7.62. The van der Waals surface area contributed by atoms with E-state index in [0.29, 0.717) is 43.2 Å². The highest BCUT2D eigenvalue weighted by molar-refractivity contribution is 5.97. The molecule has 2 aromatic rings. The van der Waals surface area contributed by atoms with E-state index >= 15 is 4.39 Å². The average Bonchev–Trinajstić information content (AvgIpc) is 2.91. The number of rotatable bonds is 5. The first kappa shape index (κ1) is 26.9. The number of hydrogen-bond donors (Lipinski definition) is 1. The van der Waals surface area contributed by atoms with Gasteiger partial charge in [-0.05, 0) is 56.7 Å². The Kier molecular flexibility index (Phi) is 8.37. The summed E-state index contributed by atoms with van der Waals surface area (Å²) in [6.07, 6.45) is 8.45. The topological polar surface area (TPSA) is 75.0 Å². The van der Waals surface area contributed by atoms with E-state index in [2.05, 4.69) is 24.8 Å². The molecule has 1 fully saturated rings. The summed E-state index contributed by atoms with van der Waals surface area (Å²) in [6.45, 7) is 12.8. The van der Waals surface area contributed by atoms with E-state index in [0.717, 1.165) is 26.1 Å². The molecule has 0 atom stereocenters. The van der Waals surface area contributed by atoms with Crippen molar-refractivity contribution in [2.45, 2.75) is 59.9 Å². The van der Waals surface area contributed by atoms with Gasteiger partial charge in [-0.1, -0.05) is 25.5 Å². The molecule has 0 unspecified atom stereocenters. The van der Waals surface area contributed by atoms with Gasteiger partial charge in [-0.15, -0.1) is 0 Å². The summed E-state index contributed by atoms with van der Waals surface area (Å²) in [5.41, 5.74) is 4.23. The zero-order valence-corrected chi connectivity index (χ0v) is 22.4. The van der Waals surface area contributed by atoms with Crippen molar-refractivity contribution in [3.8, 4) is 5.75 Å². The Morgan fingerprint density at radius 3 is 2.49 bits per heavy atom. The number of halogens is 1. The van der Waals surface area contributed by atoms with Crippen LogP contribution in [0.3, 0.4) is 0 Å². The number of allylic oxidation sites excluding steroid dienone is 2. The Labute approximate surface area is 217 Å². The van der Waals surface area contributed by atoms with Crippen LogP contribution >= 0.6 is 0 Å². The van der Waals surface area contributed by atoms with E-state index in [-0.39, 0.29) is 10.9 Å². The van der Waals surface area contributed by atoms with E-state index in [4.69, 9.17) is 4.74 Å². The number of carboxylic acids is 1. The molecule has 5 rings (SSSR count). The van der Waals surface area contributed by atoms with Gasteiger partial charge in [-0.25, -0.2) is 9.18 Å². The van der Waals surface area contributed by atoms with Crippen molar-refractivity contribution in [1.82, 2.24) is 9.47 Å². The van der Waals surface area contributed by atoms with Crippen LogP contribution in [0.1, 0.15) is 63.7 Å². The smallest absolute Gasteiger partial charge is 0.341 e. The van der Waals surface area contributed by atoms with E-state index in [1.807, 2.05) is 18.7 Å². The van der Waals surface area contributed by atoms with Gasteiger partial charge in [0.25, 0.3) is 0 Å². The molecule has 1 aromatic heterocycles. The van der Waals surface area contributed by atoms with Crippen molar-refractivity contribution >= 4 is 22.6 Å². The summed E-state index contributed by atoms with van der Waals surface area (Å²) in [5, 5.41) is 9.45. The number of piperazine rings is 1. The molecule has 3 heterocycles. The molecule has 0 radical (unpaired) electrons. The van der Waals surface area contributed by atoms with E-state index in [1.54, 1.807) is 4.57 Å². The molecule has 3 aliphatic rings. The highest BCUT2D eigenvalue weighted by Crippen LogP contribution is 2.40. The zero-order valence-electron chi connectivity index (χ0n) is 22.4. The maximum atomic E-state index is 15.4. The van der Waals surface area contributed by atoms with Crippen LogP contribution < -0.4 is 15.1 Å². The maximum absolute atomic E-state index is 15.4. The molecule has 200 valence electrons. The largest absolute Gasteiger partial charge is 0.487 e. The van der Waals surface area contributed by atoms with Gasteiger partial charge in [0.2, 0.25) is 5.43 Å². The molecule has 1 saturated heterocycles. The van der Waals surface area contributed by atoms with Crippen molar-refractivity contribution in [2.75, 3.05) is 44.2 Å². The van der Waals surface area contributed by atoms with Crippen LogP contribution in [0.25, 0.3) is 10.9 Å². The van der Waals surface area contributed by atoms with Crippen molar-refractivity contribution in [3.63, 3.8) is 0 Å². The Bertz CT molecular complexity index is 1300. The number of anilines is 1.